The quantitative estimate of drug-likeness (QED) is 0.481. The van der Waals surface area contributed by atoms with Crippen LogP contribution >= 0.6 is 0 Å². The van der Waals surface area contributed by atoms with E-state index >= 15 is 0 Å². The summed E-state index contributed by atoms with van der Waals surface area (Å²) in [7, 11) is 3.21. The molecule has 1 aromatic carbocycles. The number of carbonyl (C=O) groups is 2. The average molecular weight is 457 g/mol. The third-order valence-electron chi connectivity index (χ3n) is 5.92. The Morgan fingerprint density at radius 1 is 1.06 bits per heavy atom. The van der Waals surface area contributed by atoms with Crippen molar-refractivity contribution in [2.75, 3.05) is 33.9 Å². The van der Waals surface area contributed by atoms with Crippen LogP contribution in [-0.2, 0) is 22.6 Å². The lowest BCUT2D eigenvalue weighted by Crippen LogP contribution is -2.45. The number of furan rings is 1. The maximum absolute atomic E-state index is 13.4. The van der Waals surface area contributed by atoms with Crippen LogP contribution in [0, 0.1) is 18.8 Å². The van der Waals surface area contributed by atoms with Gasteiger partial charge in [-0.2, -0.15) is 0 Å². The highest BCUT2D eigenvalue weighted by molar-refractivity contribution is 5.85. The van der Waals surface area contributed by atoms with Crippen LogP contribution < -0.4 is 9.47 Å². The third-order valence-corrected chi connectivity index (χ3v) is 5.92. The summed E-state index contributed by atoms with van der Waals surface area (Å²) in [6.07, 6.45) is 2.90. The number of nitrogens with zero attached hydrogens (tertiary/aromatic N) is 2. The lowest BCUT2D eigenvalue weighted by Gasteiger charge is -2.28. The Balaban J connectivity index is 1.73. The van der Waals surface area contributed by atoms with Crippen molar-refractivity contribution < 1.29 is 23.5 Å². The summed E-state index contributed by atoms with van der Waals surface area (Å²) in [6.45, 7) is 7.28. The molecule has 7 heteroatoms. The Morgan fingerprint density at radius 3 is 2.36 bits per heavy atom. The minimum atomic E-state index is -0.135. The van der Waals surface area contributed by atoms with Gasteiger partial charge in [-0.1, -0.05) is 19.9 Å². The maximum atomic E-state index is 13.4. The van der Waals surface area contributed by atoms with Crippen molar-refractivity contribution in [3.05, 3.63) is 47.4 Å². The molecule has 1 fully saturated rings. The maximum Gasteiger partial charge on any atom is 0.242 e. The smallest absolute Gasteiger partial charge is 0.242 e. The normalized spacial score (nSPS) is 13.2. The van der Waals surface area contributed by atoms with E-state index in [0.29, 0.717) is 43.5 Å². The van der Waals surface area contributed by atoms with E-state index in [1.54, 1.807) is 24.0 Å². The second-order valence-electron chi connectivity index (χ2n) is 9.08. The van der Waals surface area contributed by atoms with Crippen LogP contribution in [0.25, 0.3) is 0 Å². The molecule has 1 aromatic heterocycles. The molecule has 0 atom stereocenters. The van der Waals surface area contributed by atoms with E-state index in [0.717, 1.165) is 29.9 Å². The number of ether oxygens (including phenoxy) is 2. The summed E-state index contributed by atoms with van der Waals surface area (Å²) < 4.78 is 16.5. The first-order chi connectivity index (χ1) is 15.8. The molecule has 0 aliphatic heterocycles. The van der Waals surface area contributed by atoms with Crippen molar-refractivity contribution in [2.45, 2.75) is 46.6 Å². The predicted molar refractivity (Wildman–Crippen MR) is 126 cm³/mol. The van der Waals surface area contributed by atoms with E-state index in [1.165, 1.54) is 0 Å². The Kier molecular flexibility index (Phi) is 8.42. The summed E-state index contributed by atoms with van der Waals surface area (Å²) in [4.78, 5) is 29.6. The largest absolute Gasteiger partial charge is 0.493 e. The van der Waals surface area contributed by atoms with E-state index < -0.39 is 0 Å². The van der Waals surface area contributed by atoms with Gasteiger partial charge in [-0.3, -0.25) is 9.59 Å². The fourth-order valence-electron chi connectivity index (χ4n) is 3.82. The molecular weight excluding hydrogens is 420 g/mol. The van der Waals surface area contributed by atoms with Crippen molar-refractivity contribution in [3.8, 4) is 11.5 Å². The Hall–Kier alpha value is -2.96. The first kappa shape index (κ1) is 24.7. The van der Waals surface area contributed by atoms with Crippen molar-refractivity contribution in [1.29, 1.82) is 0 Å². The van der Waals surface area contributed by atoms with Gasteiger partial charge in [-0.05, 0) is 61.9 Å². The molecular formula is C26H36N2O5. The molecule has 33 heavy (non-hydrogen) atoms. The first-order valence-corrected chi connectivity index (χ1v) is 11.6. The van der Waals surface area contributed by atoms with Crippen molar-refractivity contribution in [3.63, 3.8) is 0 Å². The summed E-state index contributed by atoms with van der Waals surface area (Å²) in [5.41, 5.74) is 1.04. The zero-order chi connectivity index (χ0) is 24.0. The van der Waals surface area contributed by atoms with E-state index in [1.807, 2.05) is 51.1 Å². The molecule has 1 aliphatic rings. The standard InChI is InChI=1S/C26H36N2O5/c1-18(2)26(30)28(15-21-7-8-21)17-25(29)27(16-22-10-6-19(3)33-22)13-12-20-9-11-23(31-4)24(14-20)32-5/h6,9-11,14,18,21H,7-8,12-13,15-17H2,1-5H3. The summed E-state index contributed by atoms with van der Waals surface area (Å²) in [5, 5.41) is 0. The number of aryl methyl sites for hydroxylation is 1. The van der Waals surface area contributed by atoms with Crippen LogP contribution in [-0.4, -0.2) is 55.5 Å². The van der Waals surface area contributed by atoms with Crippen LogP contribution in [0.15, 0.2) is 34.7 Å². The lowest BCUT2D eigenvalue weighted by molar-refractivity contribution is -0.143. The van der Waals surface area contributed by atoms with Gasteiger partial charge in [0, 0.05) is 19.0 Å². The van der Waals surface area contributed by atoms with Crippen LogP contribution in [0.3, 0.4) is 0 Å². The predicted octanol–water partition coefficient (Wildman–Crippen LogP) is 4.07. The van der Waals surface area contributed by atoms with E-state index in [-0.39, 0.29) is 24.3 Å². The summed E-state index contributed by atoms with van der Waals surface area (Å²) >= 11 is 0. The van der Waals surface area contributed by atoms with E-state index in [4.69, 9.17) is 13.9 Å². The molecule has 1 heterocycles. The highest BCUT2D eigenvalue weighted by atomic mass is 16.5. The van der Waals surface area contributed by atoms with Gasteiger partial charge in [0.15, 0.2) is 11.5 Å². The molecule has 7 nitrogen and oxygen atoms in total. The number of rotatable bonds is 12. The Labute approximate surface area is 196 Å². The number of carbonyl (C=O) groups excluding carboxylic acids is 2. The van der Waals surface area contributed by atoms with Crippen molar-refractivity contribution >= 4 is 11.8 Å². The first-order valence-electron chi connectivity index (χ1n) is 11.6. The molecule has 0 radical (unpaired) electrons. The molecule has 0 N–H and O–H groups in total. The molecule has 2 amide bonds. The highest BCUT2D eigenvalue weighted by Crippen LogP contribution is 2.30. The Bertz CT molecular complexity index is 948. The van der Waals surface area contributed by atoms with Gasteiger partial charge >= 0.3 is 0 Å². The fraction of sp³-hybridized carbons (Fsp3) is 0.538. The lowest BCUT2D eigenvalue weighted by atomic mass is 10.1. The summed E-state index contributed by atoms with van der Waals surface area (Å²) in [6, 6.07) is 9.57. The number of hydrogen-bond acceptors (Lipinski definition) is 5. The molecule has 0 saturated heterocycles. The van der Waals surface area contributed by atoms with Crippen LogP contribution in [0.5, 0.6) is 11.5 Å². The van der Waals surface area contributed by atoms with E-state index in [2.05, 4.69) is 0 Å². The molecule has 180 valence electrons. The van der Waals surface area contributed by atoms with Gasteiger partial charge < -0.3 is 23.7 Å². The van der Waals surface area contributed by atoms with Crippen molar-refractivity contribution in [2.24, 2.45) is 11.8 Å². The molecule has 0 bridgehead atoms. The second kappa shape index (κ2) is 11.3. The molecule has 3 rings (SSSR count). The molecule has 0 spiro atoms. The number of methoxy groups -OCH3 is 2. The molecule has 1 saturated carbocycles. The molecule has 2 aromatic rings. The van der Waals surface area contributed by atoms with Gasteiger partial charge in [0.25, 0.3) is 0 Å². The van der Waals surface area contributed by atoms with E-state index in [9.17, 15) is 9.59 Å². The molecule has 1 aliphatic carbocycles. The van der Waals surface area contributed by atoms with Gasteiger partial charge in [-0.15, -0.1) is 0 Å². The minimum absolute atomic E-state index is 0.0314. The van der Waals surface area contributed by atoms with Crippen LogP contribution in [0.2, 0.25) is 0 Å². The highest BCUT2D eigenvalue weighted by Gasteiger charge is 2.30. The van der Waals surface area contributed by atoms with Gasteiger partial charge in [0.05, 0.1) is 27.3 Å². The van der Waals surface area contributed by atoms with Crippen molar-refractivity contribution in [1.82, 2.24) is 9.80 Å². The average Bonchev–Trinajstić information content (AvgIpc) is 3.53. The van der Waals surface area contributed by atoms with Gasteiger partial charge in [0.2, 0.25) is 11.8 Å². The topological polar surface area (TPSA) is 72.2 Å². The molecule has 0 unspecified atom stereocenters. The zero-order valence-corrected chi connectivity index (χ0v) is 20.4. The number of amides is 2. The van der Waals surface area contributed by atoms with Gasteiger partial charge in [0.1, 0.15) is 11.5 Å². The van der Waals surface area contributed by atoms with Gasteiger partial charge in [-0.25, -0.2) is 0 Å². The van der Waals surface area contributed by atoms with Crippen LogP contribution in [0.1, 0.15) is 43.8 Å². The summed E-state index contributed by atoms with van der Waals surface area (Å²) in [5.74, 6) is 3.22. The SMILES string of the molecule is COc1ccc(CCN(Cc2ccc(C)o2)C(=O)CN(CC2CC2)C(=O)C(C)C)cc1OC. The monoisotopic (exact) mass is 456 g/mol. The number of hydrogen-bond donors (Lipinski definition) is 0. The zero-order valence-electron chi connectivity index (χ0n) is 20.4. The third kappa shape index (κ3) is 7.01. The Morgan fingerprint density at radius 2 is 1.79 bits per heavy atom. The second-order valence-corrected chi connectivity index (χ2v) is 9.08. The van der Waals surface area contributed by atoms with Crippen LogP contribution in [0.4, 0.5) is 0 Å². The number of benzene rings is 1. The fourth-order valence-corrected chi connectivity index (χ4v) is 3.82. The minimum Gasteiger partial charge on any atom is -0.493 e.